The molecule has 0 amide bonds. The molecular formula is C6H3F3KNO. The average Bonchev–Trinajstić information content (AvgIpc) is 1.85. The van der Waals surface area contributed by atoms with E-state index in [0.717, 1.165) is 12.3 Å². The maximum Gasteiger partial charge on any atom is 1.00 e. The van der Waals surface area contributed by atoms with Crippen LogP contribution in [0.15, 0.2) is 18.3 Å². The van der Waals surface area contributed by atoms with Gasteiger partial charge in [-0.3, -0.25) is 0 Å². The van der Waals surface area contributed by atoms with Gasteiger partial charge in [0.1, 0.15) is 0 Å². The summed E-state index contributed by atoms with van der Waals surface area (Å²) in [4.78, 5) is 3.32. The SMILES string of the molecule is FC(F)(F)Oc1cc[c-]nc1.[K+]. The van der Waals surface area contributed by atoms with Crippen molar-refractivity contribution in [2.24, 2.45) is 0 Å². The second kappa shape index (κ2) is 5.18. The number of alkyl halides is 3. The summed E-state index contributed by atoms with van der Waals surface area (Å²) < 4.78 is 38.0. The van der Waals surface area contributed by atoms with E-state index in [1.807, 2.05) is 0 Å². The fourth-order valence-electron chi connectivity index (χ4n) is 0.500. The van der Waals surface area contributed by atoms with Gasteiger partial charge >= 0.3 is 57.7 Å². The molecule has 0 aromatic carbocycles. The quantitative estimate of drug-likeness (QED) is 0.420. The number of nitrogens with zero attached hydrogens (tertiary/aromatic N) is 1. The summed E-state index contributed by atoms with van der Waals surface area (Å²) in [5, 5.41) is 0. The first kappa shape index (κ1) is 12.4. The zero-order chi connectivity index (χ0) is 8.32. The molecule has 1 heterocycles. The van der Waals surface area contributed by atoms with Crippen LogP contribution in [0.4, 0.5) is 13.2 Å². The van der Waals surface area contributed by atoms with E-state index in [4.69, 9.17) is 0 Å². The Labute approximate surface area is 110 Å². The molecule has 12 heavy (non-hydrogen) atoms. The van der Waals surface area contributed by atoms with Crippen LogP contribution in [0.25, 0.3) is 0 Å². The minimum absolute atomic E-state index is 0. The third kappa shape index (κ3) is 5.10. The van der Waals surface area contributed by atoms with Crippen LogP contribution in [0.5, 0.6) is 5.75 Å². The second-order valence-electron chi connectivity index (χ2n) is 1.67. The van der Waals surface area contributed by atoms with Crippen molar-refractivity contribution >= 4 is 0 Å². The molecule has 0 N–H and O–H groups in total. The Balaban J connectivity index is 0.00000121. The summed E-state index contributed by atoms with van der Waals surface area (Å²) in [7, 11) is 0. The van der Waals surface area contributed by atoms with Gasteiger partial charge < -0.3 is 9.72 Å². The van der Waals surface area contributed by atoms with Gasteiger partial charge in [0.05, 0.1) is 0 Å². The summed E-state index contributed by atoms with van der Waals surface area (Å²) in [5.74, 6) is -0.337. The predicted molar refractivity (Wildman–Crippen MR) is 29.8 cm³/mol. The molecule has 60 valence electrons. The Morgan fingerprint density at radius 2 is 2.08 bits per heavy atom. The van der Waals surface area contributed by atoms with Crippen molar-refractivity contribution in [2.75, 3.05) is 0 Å². The summed E-state index contributed by atoms with van der Waals surface area (Å²) >= 11 is 0. The second-order valence-corrected chi connectivity index (χ2v) is 1.67. The zero-order valence-electron chi connectivity index (χ0n) is 6.22. The molecule has 0 aliphatic rings. The summed E-state index contributed by atoms with van der Waals surface area (Å²) in [6, 6.07) is 2.36. The number of ether oxygens (including phenoxy) is 1. The maximum atomic E-state index is 11.5. The van der Waals surface area contributed by atoms with Gasteiger partial charge in [-0.05, 0) is 6.20 Å². The Morgan fingerprint density at radius 1 is 1.42 bits per heavy atom. The Morgan fingerprint density at radius 3 is 2.50 bits per heavy atom. The number of pyridine rings is 1. The number of aromatic nitrogens is 1. The van der Waals surface area contributed by atoms with E-state index < -0.39 is 6.36 Å². The van der Waals surface area contributed by atoms with E-state index in [9.17, 15) is 13.2 Å². The largest absolute Gasteiger partial charge is 1.00 e. The van der Waals surface area contributed by atoms with Crippen LogP contribution in [0.3, 0.4) is 0 Å². The molecule has 0 radical (unpaired) electrons. The third-order valence-electron chi connectivity index (χ3n) is 0.822. The van der Waals surface area contributed by atoms with Gasteiger partial charge in [-0.15, -0.1) is 19.2 Å². The Bertz CT molecular complexity index is 226. The van der Waals surface area contributed by atoms with Gasteiger partial charge in [-0.2, -0.15) is 6.07 Å². The zero-order valence-corrected chi connectivity index (χ0v) is 9.34. The molecule has 0 aliphatic carbocycles. The third-order valence-corrected chi connectivity index (χ3v) is 0.822. The Hall–Kier alpha value is 0.376. The fourth-order valence-corrected chi connectivity index (χ4v) is 0.500. The molecule has 0 unspecified atom stereocenters. The molecule has 1 aromatic rings. The van der Waals surface area contributed by atoms with Crippen LogP contribution in [-0.4, -0.2) is 11.3 Å². The molecule has 0 saturated heterocycles. The molecule has 2 nitrogen and oxygen atoms in total. The van der Waals surface area contributed by atoms with Crippen molar-refractivity contribution < 1.29 is 69.3 Å². The van der Waals surface area contributed by atoms with Crippen LogP contribution in [0.1, 0.15) is 0 Å². The van der Waals surface area contributed by atoms with Crippen LogP contribution in [0.2, 0.25) is 0 Å². The average molecular weight is 201 g/mol. The van der Waals surface area contributed by atoms with E-state index in [2.05, 4.69) is 15.9 Å². The minimum atomic E-state index is -4.65. The number of rotatable bonds is 1. The standard InChI is InChI=1S/C6H3F3NO.K/c7-6(8,9)11-5-2-1-3-10-4-5;/h1-2,4H;/q-1;+1. The van der Waals surface area contributed by atoms with Gasteiger partial charge in [0, 0.05) is 5.75 Å². The van der Waals surface area contributed by atoms with Gasteiger partial charge in [0.15, 0.2) is 0 Å². The van der Waals surface area contributed by atoms with Crippen LogP contribution in [0, 0.1) is 6.20 Å². The van der Waals surface area contributed by atoms with Crippen molar-refractivity contribution in [3.05, 3.63) is 24.5 Å². The van der Waals surface area contributed by atoms with Crippen molar-refractivity contribution in [2.45, 2.75) is 6.36 Å². The normalized spacial score (nSPS) is 10.2. The van der Waals surface area contributed by atoms with Crippen molar-refractivity contribution in [1.82, 2.24) is 4.98 Å². The van der Waals surface area contributed by atoms with Gasteiger partial charge in [0.2, 0.25) is 0 Å². The van der Waals surface area contributed by atoms with Gasteiger partial charge in [0.25, 0.3) is 0 Å². The maximum absolute atomic E-state index is 11.5. The number of halogens is 3. The predicted octanol–water partition coefficient (Wildman–Crippen LogP) is -1.22. The molecular weight excluding hydrogens is 198 g/mol. The minimum Gasteiger partial charge on any atom is -0.431 e. The van der Waals surface area contributed by atoms with E-state index in [0.29, 0.717) is 0 Å². The molecule has 1 rings (SSSR count). The van der Waals surface area contributed by atoms with Crippen molar-refractivity contribution in [3.63, 3.8) is 0 Å². The smallest absolute Gasteiger partial charge is 0.431 e. The summed E-state index contributed by atoms with van der Waals surface area (Å²) in [6.45, 7) is 0. The number of hydrogen-bond acceptors (Lipinski definition) is 2. The molecule has 1 aromatic heterocycles. The summed E-state index contributed by atoms with van der Waals surface area (Å²) in [6.07, 6.45) is -1.39. The van der Waals surface area contributed by atoms with Crippen LogP contribution < -0.4 is 56.1 Å². The molecule has 0 fully saturated rings. The fraction of sp³-hybridized carbons (Fsp3) is 0.167. The molecule has 0 saturated carbocycles. The molecule has 0 bridgehead atoms. The van der Waals surface area contributed by atoms with E-state index >= 15 is 0 Å². The topological polar surface area (TPSA) is 22.1 Å². The molecule has 0 atom stereocenters. The Kier molecular flexibility index (Phi) is 5.34. The number of hydrogen-bond donors (Lipinski definition) is 0. The molecule has 0 spiro atoms. The van der Waals surface area contributed by atoms with E-state index in [1.54, 1.807) is 0 Å². The first-order valence-electron chi connectivity index (χ1n) is 2.66. The van der Waals surface area contributed by atoms with Gasteiger partial charge in [-0.1, -0.05) is 6.20 Å². The first-order valence-corrected chi connectivity index (χ1v) is 2.66. The monoisotopic (exact) mass is 201 g/mol. The van der Waals surface area contributed by atoms with Gasteiger partial charge in [-0.25, -0.2) is 0 Å². The molecule has 6 heteroatoms. The van der Waals surface area contributed by atoms with Crippen LogP contribution >= 0.6 is 0 Å². The van der Waals surface area contributed by atoms with E-state index in [1.165, 1.54) is 6.07 Å². The van der Waals surface area contributed by atoms with E-state index in [-0.39, 0.29) is 57.1 Å². The first-order chi connectivity index (χ1) is 5.08. The molecule has 0 aliphatic heterocycles. The van der Waals surface area contributed by atoms with Crippen molar-refractivity contribution in [1.29, 1.82) is 0 Å². The van der Waals surface area contributed by atoms with Crippen LogP contribution in [-0.2, 0) is 0 Å². The van der Waals surface area contributed by atoms with Crippen molar-refractivity contribution in [3.8, 4) is 5.75 Å². The summed E-state index contributed by atoms with van der Waals surface area (Å²) in [5.41, 5.74) is 0.